The Bertz CT molecular complexity index is 429. The third kappa shape index (κ3) is 2.14. The van der Waals surface area contributed by atoms with E-state index < -0.39 is 0 Å². The summed E-state index contributed by atoms with van der Waals surface area (Å²) in [7, 11) is 1.64. The summed E-state index contributed by atoms with van der Waals surface area (Å²) in [6, 6.07) is 0.518. The average Bonchev–Trinajstić information content (AvgIpc) is 2.47. The van der Waals surface area contributed by atoms with Gasteiger partial charge < -0.3 is 15.0 Å². The van der Waals surface area contributed by atoms with Crippen molar-refractivity contribution in [2.75, 3.05) is 38.2 Å². The normalized spacial score (nSPS) is 19.5. The molecule has 0 saturated carbocycles. The first-order valence-electron chi connectivity index (χ1n) is 6.78. The Balaban J connectivity index is 1.99. The van der Waals surface area contributed by atoms with Gasteiger partial charge in [-0.3, -0.25) is 0 Å². The maximum absolute atomic E-state index is 5.25. The molecular weight excluding hydrogens is 228 g/mol. The molecule has 1 aromatic heterocycles. The van der Waals surface area contributed by atoms with E-state index >= 15 is 0 Å². The van der Waals surface area contributed by atoms with E-state index in [2.05, 4.69) is 20.2 Å². The van der Waals surface area contributed by atoms with Crippen LogP contribution in [0, 0.1) is 0 Å². The highest BCUT2D eigenvalue weighted by Gasteiger charge is 2.22. The van der Waals surface area contributed by atoms with Gasteiger partial charge in [-0.25, -0.2) is 0 Å². The maximum Gasteiger partial charge on any atom is 0.318 e. The molecule has 1 aromatic rings. The fourth-order valence-corrected chi connectivity index (χ4v) is 2.78. The number of aromatic nitrogens is 2. The molecule has 2 heterocycles. The Kier molecular flexibility index (Phi) is 3.32. The monoisotopic (exact) mass is 248 g/mol. The predicted molar refractivity (Wildman–Crippen MR) is 70.3 cm³/mol. The summed E-state index contributed by atoms with van der Waals surface area (Å²) in [4.78, 5) is 11.5. The lowest BCUT2D eigenvalue weighted by molar-refractivity contribution is 0.375. The van der Waals surface area contributed by atoms with Gasteiger partial charge in [0.2, 0.25) is 0 Å². The van der Waals surface area contributed by atoms with Crippen LogP contribution in [0.25, 0.3) is 0 Å². The predicted octanol–water partition coefficient (Wildman–Crippen LogP) is 0.774. The van der Waals surface area contributed by atoms with Gasteiger partial charge in [-0.2, -0.15) is 9.97 Å². The second-order valence-electron chi connectivity index (χ2n) is 4.90. The summed E-state index contributed by atoms with van der Waals surface area (Å²) in [5.74, 6) is 1.11. The van der Waals surface area contributed by atoms with Gasteiger partial charge in [-0.15, -0.1) is 0 Å². The zero-order valence-electron chi connectivity index (χ0n) is 10.9. The molecule has 3 rings (SSSR count). The molecule has 1 aliphatic heterocycles. The molecule has 0 atom stereocenters. The van der Waals surface area contributed by atoms with E-state index in [0.29, 0.717) is 6.01 Å². The van der Waals surface area contributed by atoms with Crippen LogP contribution >= 0.6 is 0 Å². The van der Waals surface area contributed by atoms with Crippen molar-refractivity contribution in [1.82, 2.24) is 15.3 Å². The van der Waals surface area contributed by atoms with Crippen molar-refractivity contribution in [1.29, 1.82) is 0 Å². The lowest BCUT2D eigenvalue weighted by Gasteiger charge is -2.31. The van der Waals surface area contributed by atoms with Crippen molar-refractivity contribution in [3.63, 3.8) is 0 Å². The van der Waals surface area contributed by atoms with Gasteiger partial charge in [0, 0.05) is 31.7 Å². The number of anilines is 1. The van der Waals surface area contributed by atoms with Gasteiger partial charge in [-0.05, 0) is 25.7 Å². The van der Waals surface area contributed by atoms with E-state index in [1.165, 1.54) is 24.1 Å². The summed E-state index contributed by atoms with van der Waals surface area (Å²) in [6.07, 6.45) is 4.65. The summed E-state index contributed by atoms with van der Waals surface area (Å²) in [5.41, 5.74) is 2.55. The first-order valence-corrected chi connectivity index (χ1v) is 6.78. The van der Waals surface area contributed by atoms with Crippen molar-refractivity contribution in [2.24, 2.45) is 0 Å². The molecule has 98 valence electrons. The number of rotatable bonds is 2. The third-order valence-corrected chi connectivity index (χ3v) is 3.74. The summed E-state index contributed by atoms with van der Waals surface area (Å²) in [6.45, 7) is 4.10. The van der Waals surface area contributed by atoms with E-state index in [1.54, 1.807) is 7.11 Å². The van der Waals surface area contributed by atoms with Crippen LogP contribution in [0.3, 0.4) is 0 Å². The highest BCUT2D eigenvalue weighted by Crippen LogP contribution is 2.29. The van der Waals surface area contributed by atoms with E-state index in [9.17, 15) is 0 Å². The molecule has 5 heteroatoms. The minimum Gasteiger partial charge on any atom is -0.467 e. The fourth-order valence-electron chi connectivity index (χ4n) is 2.78. The molecule has 0 radical (unpaired) electrons. The van der Waals surface area contributed by atoms with Gasteiger partial charge in [0.05, 0.1) is 12.8 Å². The Hall–Kier alpha value is -1.36. The van der Waals surface area contributed by atoms with Crippen molar-refractivity contribution in [2.45, 2.75) is 25.7 Å². The fraction of sp³-hybridized carbons (Fsp3) is 0.692. The molecule has 0 aromatic carbocycles. The maximum atomic E-state index is 5.25. The topological polar surface area (TPSA) is 50.3 Å². The summed E-state index contributed by atoms with van der Waals surface area (Å²) in [5, 5.41) is 3.38. The molecule has 0 spiro atoms. The molecule has 2 aliphatic rings. The third-order valence-electron chi connectivity index (χ3n) is 3.74. The number of fused-ring (bicyclic) bond motifs is 1. The zero-order chi connectivity index (χ0) is 12.4. The van der Waals surface area contributed by atoms with Crippen molar-refractivity contribution in [3.05, 3.63) is 11.3 Å². The number of nitrogens with zero attached hydrogens (tertiary/aromatic N) is 3. The molecule has 0 amide bonds. The van der Waals surface area contributed by atoms with Crippen LogP contribution in [0.4, 0.5) is 5.82 Å². The molecule has 0 unspecified atom stereocenters. The molecular formula is C13H20N4O. The van der Waals surface area contributed by atoms with Crippen molar-refractivity contribution >= 4 is 5.82 Å². The van der Waals surface area contributed by atoms with Crippen molar-refractivity contribution in [3.8, 4) is 6.01 Å². The smallest absolute Gasteiger partial charge is 0.318 e. The standard InChI is InChI=1S/C13H20N4O/c1-18-13-15-11-5-3-2-4-10(11)12(16-13)17-8-6-14-7-9-17/h14H,2-9H2,1H3. The average molecular weight is 248 g/mol. The van der Waals surface area contributed by atoms with Crippen LogP contribution in [0.15, 0.2) is 0 Å². The number of aryl methyl sites for hydroxylation is 1. The molecule has 5 nitrogen and oxygen atoms in total. The van der Waals surface area contributed by atoms with Crippen LogP contribution < -0.4 is 15.0 Å². The van der Waals surface area contributed by atoms with Gasteiger partial charge in [0.1, 0.15) is 5.82 Å². The molecule has 1 saturated heterocycles. The van der Waals surface area contributed by atoms with E-state index in [0.717, 1.165) is 44.8 Å². The van der Waals surface area contributed by atoms with E-state index in [-0.39, 0.29) is 0 Å². The number of hydrogen-bond acceptors (Lipinski definition) is 5. The molecule has 18 heavy (non-hydrogen) atoms. The summed E-state index contributed by atoms with van der Waals surface area (Å²) >= 11 is 0. The van der Waals surface area contributed by atoms with Crippen LogP contribution in [0.5, 0.6) is 6.01 Å². The molecule has 1 N–H and O–H groups in total. The SMILES string of the molecule is COc1nc2c(c(N3CCNCC3)n1)CCCC2. The zero-order valence-corrected chi connectivity index (χ0v) is 10.9. The number of piperazine rings is 1. The minimum absolute atomic E-state index is 0.518. The number of methoxy groups -OCH3 is 1. The number of nitrogens with one attached hydrogen (secondary N) is 1. The Morgan fingerprint density at radius 2 is 1.89 bits per heavy atom. The van der Waals surface area contributed by atoms with Crippen LogP contribution in [-0.4, -0.2) is 43.3 Å². The van der Waals surface area contributed by atoms with E-state index in [1.807, 2.05) is 0 Å². The minimum atomic E-state index is 0.518. The van der Waals surface area contributed by atoms with Crippen LogP contribution in [0.2, 0.25) is 0 Å². The summed E-state index contributed by atoms with van der Waals surface area (Å²) < 4.78 is 5.25. The molecule has 1 aliphatic carbocycles. The largest absolute Gasteiger partial charge is 0.467 e. The van der Waals surface area contributed by atoms with E-state index in [4.69, 9.17) is 4.74 Å². The lowest BCUT2D eigenvalue weighted by atomic mass is 9.96. The Morgan fingerprint density at radius 1 is 1.11 bits per heavy atom. The number of hydrogen-bond donors (Lipinski definition) is 1. The van der Waals surface area contributed by atoms with Crippen LogP contribution in [-0.2, 0) is 12.8 Å². The second kappa shape index (κ2) is 5.10. The Labute approximate surface area is 108 Å². The quantitative estimate of drug-likeness (QED) is 0.838. The lowest BCUT2D eigenvalue weighted by Crippen LogP contribution is -2.44. The highest BCUT2D eigenvalue weighted by atomic mass is 16.5. The molecule has 1 fully saturated rings. The Morgan fingerprint density at radius 3 is 2.67 bits per heavy atom. The van der Waals surface area contributed by atoms with Gasteiger partial charge in [0.15, 0.2) is 0 Å². The van der Waals surface area contributed by atoms with Gasteiger partial charge in [0.25, 0.3) is 0 Å². The van der Waals surface area contributed by atoms with Gasteiger partial charge in [-0.1, -0.05) is 0 Å². The molecule has 0 bridgehead atoms. The number of ether oxygens (including phenoxy) is 1. The first kappa shape index (κ1) is 11.7. The van der Waals surface area contributed by atoms with Crippen molar-refractivity contribution < 1.29 is 4.74 Å². The van der Waals surface area contributed by atoms with Gasteiger partial charge >= 0.3 is 6.01 Å². The van der Waals surface area contributed by atoms with Crippen LogP contribution in [0.1, 0.15) is 24.1 Å². The highest BCUT2D eigenvalue weighted by molar-refractivity contribution is 5.51. The second-order valence-corrected chi connectivity index (χ2v) is 4.90. The first-order chi connectivity index (χ1) is 8.88.